The summed E-state index contributed by atoms with van der Waals surface area (Å²) in [5.74, 6) is -0.954. The summed E-state index contributed by atoms with van der Waals surface area (Å²) < 4.78 is 11.5. The van der Waals surface area contributed by atoms with Crippen LogP contribution in [0.4, 0.5) is 4.79 Å². The van der Waals surface area contributed by atoms with Gasteiger partial charge in [0.25, 0.3) is 0 Å². The summed E-state index contributed by atoms with van der Waals surface area (Å²) in [6.07, 6.45) is 11.4. The number of ether oxygens (including phenoxy) is 2. The number of benzene rings is 1. The number of carbonyl (C=O) groups excluding carboxylic acids is 2. The maximum atomic E-state index is 13.9. The Labute approximate surface area is 231 Å². The average molecular weight is 539 g/mol. The van der Waals surface area contributed by atoms with E-state index in [1.807, 2.05) is 26.8 Å². The predicted molar refractivity (Wildman–Crippen MR) is 148 cm³/mol. The van der Waals surface area contributed by atoms with Crippen LogP contribution in [0.1, 0.15) is 76.0 Å². The van der Waals surface area contributed by atoms with Crippen LogP contribution in [0.15, 0.2) is 42.5 Å². The first-order valence-electron chi connectivity index (χ1n) is 14.0. The molecule has 8 heteroatoms. The summed E-state index contributed by atoms with van der Waals surface area (Å²) in [6.45, 7) is 8.05. The van der Waals surface area contributed by atoms with Crippen LogP contribution in [0.3, 0.4) is 0 Å². The lowest BCUT2D eigenvalue weighted by Crippen LogP contribution is -2.57. The van der Waals surface area contributed by atoms with Crippen molar-refractivity contribution in [2.24, 2.45) is 11.3 Å². The number of cyclic esters (lactones) is 1. The Morgan fingerprint density at radius 3 is 2.56 bits per heavy atom. The number of aliphatic carboxylic acids is 1. The number of alkyl carbamates (subject to hydrolysis) is 1. The molecule has 2 heterocycles. The summed E-state index contributed by atoms with van der Waals surface area (Å²) in [6, 6.07) is 4.30. The standard InChI is InChI=1S/C31H42N2O6/c1-20-11-8-9-13-23(20)24-15-14-22-17-21(24)12-7-6-10-16-39-29(37)32-26(30(2,3)4)27(34)33-19-31(22,38-5)18-25(33)28(35)36/h8-9,11,13-15,17,20,23,25-26H,6-7,10,12,16,18-19H2,1-5H3,(H,32,37)(H,35,36). The summed E-state index contributed by atoms with van der Waals surface area (Å²) >= 11 is 0. The normalized spacial score (nSPS) is 30.1. The van der Waals surface area contributed by atoms with Gasteiger partial charge in [-0.05, 0) is 53.7 Å². The first-order chi connectivity index (χ1) is 18.5. The molecule has 4 rings (SSSR count). The molecule has 0 aromatic heterocycles. The second kappa shape index (κ2) is 11.5. The third-order valence-corrected chi connectivity index (χ3v) is 8.42. The van der Waals surface area contributed by atoms with Gasteiger partial charge in [-0.2, -0.15) is 0 Å². The topological polar surface area (TPSA) is 105 Å². The molecule has 39 heavy (non-hydrogen) atoms. The zero-order valence-electron chi connectivity index (χ0n) is 23.7. The molecule has 2 aliphatic heterocycles. The van der Waals surface area contributed by atoms with Gasteiger partial charge in [0.15, 0.2) is 0 Å². The molecule has 1 aliphatic carbocycles. The Kier molecular flexibility index (Phi) is 8.54. The summed E-state index contributed by atoms with van der Waals surface area (Å²) in [5.41, 5.74) is 1.68. The van der Waals surface area contributed by atoms with Crippen LogP contribution < -0.4 is 5.32 Å². The van der Waals surface area contributed by atoms with Crippen molar-refractivity contribution in [1.29, 1.82) is 0 Å². The van der Waals surface area contributed by atoms with Crippen LogP contribution >= 0.6 is 0 Å². The van der Waals surface area contributed by atoms with E-state index in [1.54, 1.807) is 7.11 Å². The van der Waals surface area contributed by atoms with E-state index in [0.717, 1.165) is 24.8 Å². The summed E-state index contributed by atoms with van der Waals surface area (Å²) in [4.78, 5) is 40.4. The number of rotatable bonds is 3. The van der Waals surface area contributed by atoms with Crippen LogP contribution in [0, 0.1) is 11.3 Å². The largest absolute Gasteiger partial charge is 0.480 e. The second-order valence-electron chi connectivity index (χ2n) is 12.2. The Hall–Kier alpha value is -3.13. The number of nitrogens with one attached hydrogen (secondary N) is 1. The number of allylic oxidation sites excluding steroid dienone is 4. The van der Waals surface area contributed by atoms with Gasteiger partial charge in [0.05, 0.1) is 13.2 Å². The van der Waals surface area contributed by atoms with E-state index in [9.17, 15) is 19.5 Å². The lowest BCUT2D eigenvalue weighted by atomic mass is 9.79. The van der Waals surface area contributed by atoms with Crippen molar-refractivity contribution in [3.8, 4) is 0 Å². The van der Waals surface area contributed by atoms with Gasteiger partial charge in [0.2, 0.25) is 5.91 Å². The Morgan fingerprint density at radius 1 is 1.15 bits per heavy atom. The number of methoxy groups -OCH3 is 1. The quantitative estimate of drug-likeness (QED) is 0.566. The zero-order valence-corrected chi connectivity index (χ0v) is 23.7. The number of carboxylic acids is 1. The molecule has 212 valence electrons. The highest BCUT2D eigenvalue weighted by atomic mass is 16.5. The van der Waals surface area contributed by atoms with E-state index in [0.29, 0.717) is 12.3 Å². The smallest absolute Gasteiger partial charge is 0.407 e. The minimum Gasteiger partial charge on any atom is -0.480 e. The number of nitrogens with zero attached hydrogens (tertiary/aromatic N) is 1. The number of aryl methyl sites for hydroxylation is 1. The maximum absolute atomic E-state index is 13.9. The van der Waals surface area contributed by atoms with Crippen molar-refractivity contribution in [3.63, 3.8) is 0 Å². The molecule has 8 nitrogen and oxygen atoms in total. The Bertz CT molecular complexity index is 1150. The van der Waals surface area contributed by atoms with Crippen LogP contribution in [0.25, 0.3) is 0 Å². The molecule has 2 N–H and O–H groups in total. The molecule has 1 fully saturated rings. The highest BCUT2D eigenvalue weighted by Crippen LogP contribution is 2.42. The van der Waals surface area contributed by atoms with E-state index < -0.39 is 41.1 Å². The Morgan fingerprint density at radius 2 is 1.90 bits per heavy atom. The highest BCUT2D eigenvalue weighted by Gasteiger charge is 2.53. The van der Waals surface area contributed by atoms with Gasteiger partial charge in [-0.3, -0.25) is 4.79 Å². The monoisotopic (exact) mass is 538 g/mol. The van der Waals surface area contributed by atoms with Crippen molar-refractivity contribution < 1.29 is 29.0 Å². The van der Waals surface area contributed by atoms with Crippen LogP contribution in [0.2, 0.25) is 0 Å². The van der Waals surface area contributed by atoms with Crippen molar-refractivity contribution in [2.75, 3.05) is 20.3 Å². The lowest BCUT2D eigenvalue weighted by Gasteiger charge is -2.35. The molecule has 1 aromatic carbocycles. The van der Waals surface area contributed by atoms with Crippen molar-refractivity contribution >= 4 is 18.0 Å². The number of carbonyl (C=O) groups is 3. The minimum atomic E-state index is -1.10. The first kappa shape index (κ1) is 28.9. The third kappa shape index (κ3) is 6.06. The molecular weight excluding hydrogens is 496 g/mol. The van der Waals surface area contributed by atoms with Crippen LogP contribution in [0.5, 0.6) is 0 Å². The van der Waals surface area contributed by atoms with Gasteiger partial charge in [0, 0.05) is 19.4 Å². The van der Waals surface area contributed by atoms with E-state index in [2.05, 4.69) is 48.7 Å². The van der Waals surface area contributed by atoms with Gasteiger partial charge in [-0.25, -0.2) is 9.59 Å². The second-order valence-corrected chi connectivity index (χ2v) is 12.2. The summed E-state index contributed by atoms with van der Waals surface area (Å²) in [5, 5.41) is 12.9. The maximum Gasteiger partial charge on any atom is 0.407 e. The fraction of sp³-hybridized carbons (Fsp3) is 0.581. The van der Waals surface area contributed by atoms with Crippen molar-refractivity contribution in [1.82, 2.24) is 10.2 Å². The average Bonchev–Trinajstić information content (AvgIpc) is 3.30. The van der Waals surface area contributed by atoms with Gasteiger partial charge in [-0.1, -0.05) is 70.2 Å². The molecule has 0 saturated carbocycles. The molecule has 0 radical (unpaired) electrons. The first-order valence-corrected chi connectivity index (χ1v) is 14.0. The number of hydrogen-bond donors (Lipinski definition) is 2. The highest BCUT2D eigenvalue weighted by molar-refractivity contribution is 5.90. The molecule has 1 aromatic rings. The zero-order chi connectivity index (χ0) is 28.4. The lowest BCUT2D eigenvalue weighted by molar-refractivity contribution is -0.150. The number of hydrogen-bond acceptors (Lipinski definition) is 5. The summed E-state index contributed by atoms with van der Waals surface area (Å²) in [7, 11) is 1.58. The molecule has 5 unspecified atom stereocenters. The van der Waals surface area contributed by atoms with Crippen LogP contribution in [-0.4, -0.2) is 60.3 Å². The number of fused-ring (bicyclic) bond motifs is 5. The number of carboxylic acid groups (broad SMARTS) is 1. The minimum absolute atomic E-state index is 0.0733. The van der Waals surface area contributed by atoms with Gasteiger partial charge < -0.3 is 24.8 Å². The SMILES string of the molecule is COC12CC(C(=O)O)N(C1)C(=O)C(C(C)(C)C)NC(=O)OCCCCCc1cc2ccc1C1C=CC=CC1C. The van der Waals surface area contributed by atoms with Gasteiger partial charge in [0.1, 0.15) is 17.7 Å². The fourth-order valence-electron chi connectivity index (χ4n) is 6.07. The molecule has 3 aliphatic rings. The van der Waals surface area contributed by atoms with Gasteiger partial charge >= 0.3 is 12.1 Å². The molecule has 0 spiro atoms. The molecule has 5 atom stereocenters. The van der Waals surface area contributed by atoms with E-state index >= 15 is 0 Å². The van der Waals surface area contributed by atoms with Gasteiger partial charge in [-0.15, -0.1) is 0 Å². The fourth-order valence-corrected chi connectivity index (χ4v) is 6.07. The molecular formula is C31H42N2O6. The Balaban J connectivity index is 1.80. The van der Waals surface area contributed by atoms with E-state index in [1.165, 1.54) is 16.0 Å². The van der Waals surface area contributed by atoms with Crippen molar-refractivity contribution in [3.05, 3.63) is 59.2 Å². The molecule has 2 amide bonds. The van der Waals surface area contributed by atoms with E-state index in [4.69, 9.17) is 9.47 Å². The molecule has 1 saturated heterocycles. The number of amides is 2. The molecule has 4 bridgehead atoms. The third-order valence-electron chi connectivity index (χ3n) is 8.42. The predicted octanol–water partition coefficient (Wildman–Crippen LogP) is 4.93. The van der Waals surface area contributed by atoms with E-state index in [-0.39, 0.29) is 25.5 Å². The van der Waals surface area contributed by atoms with Crippen molar-refractivity contribution in [2.45, 2.75) is 83.4 Å². The van der Waals surface area contributed by atoms with Crippen LogP contribution in [-0.2, 0) is 31.1 Å².